The Morgan fingerprint density at radius 2 is 2.31 bits per heavy atom. The minimum absolute atomic E-state index is 0.613. The molecule has 1 nitrogen and oxygen atoms in total. The van der Waals surface area contributed by atoms with Gasteiger partial charge < -0.3 is 5.32 Å². The monoisotopic (exact) mass is 237 g/mol. The molecule has 90 valence electrons. The molecular weight excluding hydrogens is 214 g/mol. The second-order valence-electron chi connectivity index (χ2n) is 4.90. The Bertz CT molecular complexity index is 294. The van der Waals surface area contributed by atoms with Gasteiger partial charge in [0.15, 0.2) is 0 Å². The average molecular weight is 237 g/mol. The molecule has 1 aliphatic carbocycles. The van der Waals surface area contributed by atoms with E-state index < -0.39 is 0 Å². The molecule has 1 heterocycles. The van der Waals surface area contributed by atoms with E-state index in [2.05, 4.69) is 36.7 Å². The second-order valence-corrected chi connectivity index (χ2v) is 5.88. The van der Waals surface area contributed by atoms with Gasteiger partial charge in [-0.3, -0.25) is 0 Å². The fourth-order valence-electron chi connectivity index (χ4n) is 2.97. The Kier molecular flexibility index (Phi) is 4.42. The maximum absolute atomic E-state index is 3.68. The largest absolute Gasteiger partial charge is 0.309 e. The van der Waals surface area contributed by atoms with Gasteiger partial charge in [-0.05, 0) is 42.7 Å². The van der Waals surface area contributed by atoms with E-state index in [1.165, 1.54) is 30.6 Å². The molecule has 1 fully saturated rings. The zero-order valence-electron chi connectivity index (χ0n) is 10.4. The molecule has 1 saturated carbocycles. The molecule has 0 saturated heterocycles. The number of hydrogen-bond donors (Lipinski definition) is 1. The van der Waals surface area contributed by atoms with Crippen LogP contribution in [0.1, 0.15) is 50.4 Å². The van der Waals surface area contributed by atoms with Crippen LogP contribution in [0.3, 0.4) is 0 Å². The summed E-state index contributed by atoms with van der Waals surface area (Å²) in [5, 5.41) is 5.88. The van der Waals surface area contributed by atoms with Crippen LogP contribution >= 0.6 is 11.3 Å². The molecule has 1 aromatic heterocycles. The molecule has 3 atom stereocenters. The van der Waals surface area contributed by atoms with E-state index in [4.69, 9.17) is 0 Å². The molecule has 0 spiro atoms. The summed E-state index contributed by atoms with van der Waals surface area (Å²) < 4.78 is 0. The van der Waals surface area contributed by atoms with Gasteiger partial charge in [-0.1, -0.05) is 32.8 Å². The van der Waals surface area contributed by atoms with Crippen molar-refractivity contribution in [2.75, 3.05) is 6.54 Å². The topological polar surface area (TPSA) is 12.0 Å². The van der Waals surface area contributed by atoms with Gasteiger partial charge in [-0.15, -0.1) is 11.3 Å². The standard InChI is InChI=1S/C14H23NS/c1-3-11-7-8-12(10-11)14(15-4-2)13-6-5-9-16-13/h5-6,9,11-12,14-15H,3-4,7-8,10H2,1-2H3. The molecule has 0 aliphatic heterocycles. The molecule has 3 unspecified atom stereocenters. The fraction of sp³-hybridized carbons (Fsp3) is 0.714. The maximum Gasteiger partial charge on any atom is 0.0443 e. The lowest BCUT2D eigenvalue weighted by molar-refractivity contribution is 0.364. The van der Waals surface area contributed by atoms with Crippen molar-refractivity contribution in [2.45, 2.75) is 45.6 Å². The normalized spacial score (nSPS) is 27.1. The molecule has 0 amide bonds. The Morgan fingerprint density at radius 1 is 1.44 bits per heavy atom. The van der Waals surface area contributed by atoms with Gasteiger partial charge in [0.25, 0.3) is 0 Å². The van der Waals surface area contributed by atoms with Crippen LogP contribution in [0.2, 0.25) is 0 Å². The molecular formula is C14H23NS. The van der Waals surface area contributed by atoms with Crippen LogP contribution in [0, 0.1) is 11.8 Å². The summed E-state index contributed by atoms with van der Waals surface area (Å²) in [7, 11) is 0. The zero-order valence-corrected chi connectivity index (χ0v) is 11.2. The van der Waals surface area contributed by atoms with Gasteiger partial charge in [-0.2, -0.15) is 0 Å². The Balaban J connectivity index is 2.03. The highest BCUT2D eigenvalue weighted by molar-refractivity contribution is 7.10. The number of rotatable bonds is 5. The molecule has 2 rings (SSSR count). The first kappa shape index (κ1) is 12.1. The van der Waals surface area contributed by atoms with Crippen LogP contribution in [0.4, 0.5) is 0 Å². The SMILES string of the molecule is CCNC(c1cccs1)C1CCC(CC)C1. The van der Waals surface area contributed by atoms with Crippen LogP contribution in [0.15, 0.2) is 17.5 Å². The lowest BCUT2D eigenvalue weighted by atomic mass is 9.94. The predicted octanol–water partition coefficient (Wildman–Crippen LogP) is 4.23. The van der Waals surface area contributed by atoms with Crippen LogP contribution in [-0.2, 0) is 0 Å². The minimum atomic E-state index is 0.613. The highest BCUT2D eigenvalue weighted by Gasteiger charge is 2.30. The first-order chi connectivity index (χ1) is 7.85. The van der Waals surface area contributed by atoms with Crippen molar-refractivity contribution in [1.82, 2.24) is 5.32 Å². The summed E-state index contributed by atoms with van der Waals surface area (Å²) in [6, 6.07) is 5.08. The third-order valence-corrected chi connectivity index (χ3v) is 4.86. The van der Waals surface area contributed by atoms with Crippen molar-refractivity contribution in [3.05, 3.63) is 22.4 Å². The molecule has 1 aliphatic rings. The molecule has 16 heavy (non-hydrogen) atoms. The summed E-state index contributed by atoms with van der Waals surface area (Å²) >= 11 is 1.90. The molecule has 0 aromatic carbocycles. The highest BCUT2D eigenvalue weighted by atomic mass is 32.1. The summed E-state index contributed by atoms with van der Waals surface area (Å²) in [5.41, 5.74) is 0. The molecule has 0 bridgehead atoms. The second kappa shape index (κ2) is 5.83. The zero-order chi connectivity index (χ0) is 11.4. The Labute approximate surface area is 103 Å². The first-order valence-electron chi connectivity index (χ1n) is 6.61. The van der Waals surface area contributed by atoms with Crippen molar-refractivity contribution < 1.29 is 0 Å². The van der Waals surface area contributed by atoms with Gasteiger partial charge >= 0.3 is 0 Å². The van der Waals surface area contributed by atoms with Crippen LogP contribution in [0.25, 0.3) is 0 Å². The van der Waals surface area contributed by atoms with Crippen molar-refractivity contribution >= 4 is 11.3 Å². The smallest absolute Gasteiger partial charge is 0.0443 e. The highest BCUT2D eigenvalue weighted by Crippen LogP contribution is 2.41. The molecule has 1 aromatic rings. The van der Waals surface area contributed by atoms with Crippen molar-refractivity contribution in [3.8, 4) is 0 Å². The summed E-state index contributed by atoms with van der Waals surface area (Å²) in [5.74, 6) is 1.84. The summed E-state index contributed by atoms with van der Waals surface area (Å²) in [6.45, 7) is 5.63. The van der Waals surface area contributed by atoms with Gasteiger partial charge in [0.1, 0.15) is 0 Å². The van der Waals surface area contributed by atoms with E-state index >= 15 is 0 Å². The van der Waals surface area contributed by atoms with Gasteiger partial charge in [0, 0.05) is 10.9 Å². The number of nitrogens with one attached hydrogen (secondary N) is 1. The molecule has 2 heteroatoms. The van der Waals surface area contributed by atoms with E-state index in [9.17, 15) is 0 Å². The van der Waals surface area contributed by atoms with E-state index in [1.807, 2.05) is 11.3 Å². The van der Waals surface area contributed by atoms with Gasteiger partial charge in [0.05, 0.1) is 0 Å². The van der Waals surface area contributed by atoms with E-state index in [1.54, 1.807) is 0 Å². The van der Waals surface area contributed by atoms with E-state index in [-0.39, 0.29) is 0 Å². The predicted molar refractivity (Wildman–Crippen MR) is 71.9 cm³/mol. The fourth-order valence-corrected chi connectivity index (χ4v) is 3.87. The Hall–Kier alpha value is -0.340. The Morgan fingerprint density at radius 3 is 2.88 bits per heavy atom. The molecule has 1 N–H and O–H groups in total. The minimum Gasteiger partial charge on any atom is -0.309 e. The number of thiophene rings is 1. The van der Waals surface area contributed by atoms with Crippen LogP contribution < -0.4 is 5.32 Å². The van der Waals surface area contributed by atoms with Crippen molar-refractivity contribution in [1.29, 1.82) is 0 Å². The summed E-state index contributed by atoms with van der Waals surface area (Å²) in [4.78, 5) is 1.53. The van der Waals surface area contributed by atoms with Crippen LogP contribution in [-0.4, -0.2) is 6.54 Å². The average Bonchev–Trinajstić information content (AvgIpc) is 2.97. The van der Waals surface area contributed by atoms with E-state index in [0.29, 0.717) is 6.04 Å². The van der Waals surface area contributed by atoms with Gasteiger partial charge in [0.2, 0.25) is 0 Å². The first-order valence-corrected chi connectivity index (χ1v) is 7.49. The molecule has 0 radical (unpaired) electrons. The lowest BCUT2D eigenvalue weighted by Crippen LogP contribution is -2.26. The lowest BCUT2D eigenvalue weighted by Gasteiger charge is -2.23. The quantitative estimate of drug-likeness (QED) is 0.808. The van der Waals surface area contributed by atoms with Crippen molar-refractivity contribution in [3.63, 3.8) is 0 Å². The summed E-state index contributed by atoms with van der Waals surface area (Å²) in [6.07, 6.45) is 5.63. The van der Waals surface area contributed by atoms with Crippen LogP contribution in [0.5, 0.6) is 0 Å². The maximum atomic E-state index is 3.68. The van der Waals surface area contributed by atoms with Gasteiger partial charge in [-0.25, -0.2) is 0 Å². The number of hydrogen-bond acceptors (Lipinski definition) is 2. The third-order valence-electron chi connectivity index (χ3n) is 3.90. The van der Waals surface area contributed by atoms with E-state index in [0.717, 1.165) is 18.4 Å². The third kappa shape index (κ3) is 2.67. The van der Waals surface area contributed by atoms with Crippen molar-refractivity contribution in [2.24, 2.45) is 11.8 Å².